The first-order valence-electron chi connectivity index (χ1n) is 6.59. The first-order chi connectivity index (χ1) is 9.72. The minimum atomic E-state index is -1.01. The largest absolute Gasteiger partial charge is 0.381 e. The van der Waals surface area contributed by atoms with Crippen LogP contribution in [0.3, 0.4) is 0 Å². The molecule has 0 amide bonds. The minimum Gasteiger partial charge on any atom is -0.381 e. The first kappa shape index (κ1) is 11.4. The molecule has 96 valence electrons. The lowest BCUT2D eigenvalue weighted by Crippen LogP contribution is -2.21. The van der Waals surface area contributed by atoms with Crippen molar-refractivity contribution in [2.24, 2.45) is 0 Å². The van der Waals surface area contributed by atoms with Crippen molar-refractivity contribution in [2.75, 3.05) is 0 Å². The average molecular weight is 260 g/mol. The molecule has 3 aromatic rings. The van der Waals surface area contributed by atoms with Crippen molar-refractivity contribution < 1.29 is 9.90 Å². The molecule has 1 N–H and O–H groups in total. The van der Waals surface area contributed by atoms with Gasteiger partial charge in [-0.3, -0.25) is 4.79 Å². The number of benzene rings is 3. The van der Waals surface area contributed by atoms with E-state index in [2.05, 4.69) is 24.3 Å². The second kappa shape index (κ2) is 4.02. The Kier molecular flexibility index (Phi) is 2.29. The molecule has 1 aliphatic carbocycles. The van der Waals surface area contributed by atoms with E-state index < -0.39 is 6.10 Å². The SMILES string of the molecule is O=C1c2cc3cc4ccccc4cc3cc2C=CC1O. The quantitative estimate of drug-likeness (QED) is 0.627. The highest BCUT2D eigenvalue weighted by atomic mass is 16.3. The number of aliphatic hydroxyl groups excluding tert-OH is 1. The summed E-state index contributed by atoms with van der Waals surface area (Å²) in [4.78, 5) is 12.0. The van der Waals surface area contributed by atoms with E-state index in [-0.39, 0.29) is 5.78 Å². The number of ketones is 1. The molecular weight excluding hydrogens is 248 g/mol. The number of carbonyl (C=O) groups excluding carboxylic acids is 1. The molecule has 2 heteroatoms. The van der Waals surface area contributed by atoms with Gasteiger partial charge in [0, 0.05) is 5.56 Å². The predicted octanol–water partition coefficient (Wildman–Crippen LogP) is 3.56. The zero-order valence-electron chi connectivity index (χ0n) is 10.7. The van der Waals surface area contributed by atoms with Crippen LogP contribution < -0.4 is 0 Å². The molecule has 1 unspecified atom stereocenters. The van der Waals surface area contributed by atoms with Gasteiger partial charge in [0.25, 0.3) is 0 Å². The lowest BCUT2D eigenvalue weighted by Gasteiger charge is -2.15. The summed E-state index contributed by atoms with van der Waals surface area (Å²) in [6, 6.07) is 16.3. The van der Waals surface area contributed by atoms with Gasteiger partial charge in [-0.15, -0.1) is 0 Å². The average Bonchev–Trinajstić information content (AvgIpc) is 2.47. The van der Waals surface area contributed by atoms with Gasteiger partial charge >= 0.3 is 0 Å². The van der Waals surface area contributed by atoms with Crippen LogP contribution in [0.1, 0.15) is 15.9 Å². The third-order valence-corrected chi connectivity index (χ3v) is 3.87. The summed E-state index contributed by atoms with van der Waals surface area (Å²) in [6.07, 6.45) is 2.34. The van der Waals surface area contributed by atoms with Crippen LogP contribution in [0.5, 0.6) is 0 Å². The highest BCUT2D eigenvalue weighted by Gasteiger charge is 2.21. The Morgan fingerprint density at radius 1 is 0.850 bits per heavy atom. The maximum Gasteiger partial charge on any atom is 0.195 e. The Hall–Kier alpha value is -2.45. The van der Waals surface area contributed by atoms with Gasteiger partial charge in [0.2, 0.25) is 0 Å². The number of hydrogen-bond acceptors (Lipinski definition) is 2. The molecule has 4 rings (SSSR count). The Balaban J connectivity index is 2.07. The smallest absolute Gasteiger partial charge is 0.195 e. The number of carbonyl (C=O) groups is 1. The number of Topliss-reactive ketones (excluding diaryl/α,β-unsaturated/α-hetero) is 1. The molecule has 1 aliphatic rings. The molecule has 0 spiro atoms. The van der Waals surface area contributed by atoms with Crippen LogP contribution in [-0.2, 0) is 0 Å². The Bertz CT molecular complexity index is 890. The van der Waals surface area contributed by atoms with E-state index in [1.807, 2.05) is 30.3 Å². The lowest BCUT2D eigenvalue weighted by atomic mass is 9.90. The zero-order valence-corrected chi connectivity index (χ0v) is 10.7. The van der Waals surface area contributed by atoms with Crippen LogP contribution in [0.4, 0.5) is 0 Å². The zero-order chi connectivity index (χ0) is 13.7. The highest BCUT2D eigenvalue weighted by molar-refractivity contribution is 6.10. The number of aliphatic hydroxyl groups is 1. The van der Waals surface area contributed by atoms with E-state index in [1.54, 1.807) is 0 Å². The van der Waals surface area contributed by atoms with Gasteiger partial charge in [-0.2, -0.15) is 0 Å². The summed E-state index contributed by atoms with van der Waals surface area (Å²) in [5.74, 6) is -0.224. The molecule has 0 aliphatic heterocycles. The van der Waals surface area contributed by atoms with Gasteiger partial charge in [-0.1, -0.05) is 30.3 Å². The van der Waals surface area contributed by atoms with Crippen molar-refractivity contribution in [3.63, 3.8) is 0 Å². The second-order valence-corrected chi connectivity index (χ2v) is 5.15. The number of fused-ring (bicyclic) bond motifs is 3. The number of rotatable bonds is 0. The van der Waals surface area contributed by atoms with E-state index in [0.29, 0.717) is 5.56 Å². The molecular formula is C18H12O2. The molecule has 0 radical (unpaired) electrons. The van der Waals surface area contributed by atoms with Gasteiger partial charge in [-0.25, -0.2) is 0 Å². The monoisotopic (exact) mass is 260 g/mol. The Morgan fingerprint density at radius 3 is 2.20 bits per heavy atom. The molecule has 3 aromatic carbocycles. The van der Waals surface area contributed by atoms with Crippen molar-refractivity contribution in [3.8, 4) is 0 Å². The molecule has 2 nitrogen and oxygen atoms in total. The second-order valence-electron chi connectivity index (χ2n) is 5.15. The van der Waals surface area contributed by atoms with Crippen molar-refractivity contribution >= 4 is 33.4 Å². The predicted molar refractivity (Wildman–Crippen MR) is 80.8 cm³/mol. The molecule has 1 atom stereocenters. The Labute approximate surface area is 116 Å². The maximum absolute atomic E-state index is 12.0. The third-order valence-electron chi connectivity index (χ3n) is 3.87. The Morgan fingerprint density at radius 2 is 1.50 bits per heavy atom. The molecule has 0 saturated carbocycles. The fraction of sp³-hybridized carbons (Fsp3) is 0.0556. The molecule has 0 heterocycles. The molecule has 0 bridgehead atoms. The van der Waals surface area contributed by atoms with Gasteiger partial charge in [0.15, 0.2) is 5.78 Å². The number of hydrogen-bond donors (Lipinski definition) is 1. The molecule has 20 heavy (non-hydrogen) atoms. The molecule has 0 saturated heterocycles. The summed E-state index contributed by atoms with van der Waals surface area (Å²) in [7, 11) is 0. The normalized spacial score (nSPS) is 17.6. The van der Waals surface area contributed by atoms with Crippen LogP contribution in [0, 0.1) is 0 Å². The van der Waals surface area contributed by atoms with E-state index in [0.717, 1.165) is 21.7 Å². The van der Waals surface area contributed by atoms with Crippen molar-refractivity contribution in [1.82, 2.24) is 0 Å². The highest BCUT2D eigenvalue weighted by Crippen LogP contribution is 2.29. The van der Waals surface area contributed by atoms with Crippen LogP contribution >= 0.6 is 0 Å². The van der Waals surface area contributed by atoms with Crippen LogP contribution in [0.2, 0.25) is 0 Å². The van der Waals surface area contributed by atoms with Crippen LogP contribution in [0.25, 0.3) is 27.6 Å². The minimum absolute atomic E-state index is 0.224. The summed E-state index contributed by atoms with van der Waals surface area (Å²) in [5.41, 5.74) is 1.48. The van der Waals surface area contributed by atoms with Gasteiger partial charge in [0.05, 0.1) is 0 Å². The lowest BCUT2D eigenvalue weighted by molar-refractivity contribution is 0.0818. The van der Waals surface area contributed by atoms with Gasteiger partial charge < -0.3 is 5.11 Å². The fourth-order valence-corrected chi connectivity index (χ4v) is 2.80. The van der Waals surface area contributed by atoms with E-state index in [4.69, 9.17) is 0 Å². The van der Waals surface area contributed by atoms with E-state index in [1.165, 1.54) is 11.5 Å². The summed E-state index contributed by atoms with van der Waals surface area (Å²) >= 11 is 0. The van der Waals surface area contributed by atoms with E-state index in [9.17, 15) is 9.90 Å². The fourth-order valence-electron chi connectivity index (χ4n) is 2.80. The maximum atomic E-state index is 12.0. The molecule has 0 fully saturated rings. The van der Waals surface area contributed by atoms with Crippen molar-refractivity contribution in [1.29, 1.82) is 0 Å². The third kappa shape index (κ3) is 1.59. The van der Waals surface area contributed by atoms with Crippen LogP contribution in [-0.4, -0.2) is 17.0 Å². The van der Waals surface area contributed by atoms with Crippen molar-refractivity contribution in [2.45, 2.75) is 6.10 Å². The van der Waals surface area contributed by atoms with Gasteiger partial charge in [0.1, 0.15) is 6.10 Å². The summed E-state index contributed by atoms with van der Waals surface area (Å²) in [6.45, 7) is 0. The van der Waals surface area contributed by atoms with Crippen LogP contribution in [0.15, 0.2) is 54.6 Å². The summed E-state index contributed by atoms with van der Waals surface area (Å²) in [5, 5.41) is 14.1. The molecule has 0 aromatic heterocycles. The topological polar surface area (TPSA) is 37.3 Å². The summed E-state index contributed by atoms with van der Waals surface area (Å²) < 4.78 is 0. The standard InChI is InChI=1S/C18H12O2/c19-17-6-5-13-9-14-7-11-3-1-2-4-12(11)8-15(14)10-16(13)18(17)20/h1-10,17,19H. The van der Waals surface area contributed by atoms with E-state index >= 15 is 0 Å². The van der Waals surface area contributed by atoms with Crippen molar-refractivity contribution in [3.05, 3.63) is 65.7 Å². The van der Waals surface area contributed by atoms with Gasteiger partial charge in [-0.05, 0) is 57.4 Å². The first-order valence-corrected chi connectivity index (χ1v) is 6.59.